The minimum atomic E-state index is -2.08. The maximum Gasteiger partial charge on any atom is 0.0327 e. The second-order valence-corrected chi connectivity index (χ2v) is 5.90. The van der Waals surface area contributed by atoms with Crippen LogP contribution in [0.4, 0.5) is 0 Å². The standard InChI is InChI=1S/C11H17NOS/c1-4-14(3,13)12-9-11-7-5-6-10(2)8-11/h5-8H,3-4,9H2,1-2H3,(H,12,13). The van der Waals surface area contributed by atoms with Gasteiger partial charge in [0.15, 0.2) is 0 Å². The number of nitrogens with one attached hydrogen (secondary N) is 1. The van der Waals surface area contributed by atoms with Crippen molar-refractivity contribution >= 4 is 15.6 Å². The van der Waals surface area contributed by atoms with Gasteiger partial charge in [-0.2, -0.15) is 0 Å². The van der Waals surface area contributed by atoms with E-state index >= 15 is 0 Å². The summed E-state index contributed by atoms with van der Waals surface area (Å²) >= 11 is 0. The lowest BCUT2D eigenvalue weighted by molar-refractivity contribution is 0.670. The molecular weight excluding hydrogens is 194 g/mol. The normalized spacial score (nSPS) is 15.0. The smallest absolute Gasteiger partial charge is 0.0327 e. The highest BCUT2D eigenvalue weighted by Crippen LogP contribution is 2.03. The molecule has 0 aliphatic heterocycles. The SMILES string of the molecule is C=S(=O)(CC)NCc1cccc(C)c1. The molecule has 2 nitrogen and oxygen atoms in total. The van der Waals surface area contributed by atoms with Crippen LogP contribution in [0.3, 0.4) is 0 Å². The molecule has 0 radical (unpaired) electrons. The molecule has 3 heteroatoms. The Kier molecular flexibility index (Phi) is 3.72. The Morgan fingerprint density at radius 1 is 1.50 bits per heavy atom. The van der Waals surface area contributed by atoms with Crippen molar-refractivity contribution in [3.63, 3.8) is 0 Å². The summed E-state index contributed by atoms with van der Waals surface area (Å²) in [6.07, 6.45) is 0. The summed E-state index contributed by atoms with van der Waals surface area (Å²) < 4.78 is 14.6. The Balaban J connectivity index is 2.63. The molecule has 14 heavy (non-hydrogen) atoms. The monoisotopic (exact) mass is 211 g/mol. The number of benzene rings is 1. The van der Waals surface area contributed by atoms with E-state index < -0.39 is 9.71 Å². The lowest BCUT2D eigenvalue weighted by Crippen LogP contribution is -2.24. The van der Waals surface area contributed by atoms with E-state index in [1.54, 1.807) is 0 Å². The third kappa shape index (κ3) is 3.52. The van der Waals surface area contributed by atoms with Crippen molar-refractivity contribution in [2.45, 2.75) is 20.4 Å². The van der Waals surface area contributed by atoms with E-state index in [1.165, 1.54) is 5.56 Å². The van der Waals surface area contributed by atoms with Gasteiger partial charge in [-0.15, -0.1) is 0 Å². The fraction of sp³-hybridized carbons (Fsp3) is 0.364. The summed E-state index contributed by atoms with van der Waals surface area (Å²) in [5.41, 5.74) is 2.37. The molecule has 1 rings (SSSR count). The van der Waals surface area contributed by atoms with E-state index in [-0.39, 0.29) is 0 Å². The second kappa shape index (κ2) is 4.62. The first-order valence-corrected chi connectivity index (χ1v) is 6.58. The predicted octanol–water partition coefficient (Wildman–Crippen LogP) is 1.74. The van der Waals surface area contributed by atoms with E-state index in [1.807, 2.05) is 32.0 Å². The fourth-order valence-corrected chi connectivity index (χ4v) is 1.77. The Morgan fingerprint density at radius 2 is 2.21 bits per heavy atom. The summed E-state index contributed by atoms with van der Waals surface area (Å²) in [5, 5.41) is 0. The number of hydrogen-bond donors (Lipinski definition) is 1. The third-order valence-corrected chi connectivity index (χ3v) is 3.69. The Labute approximate surface area is 86.5 Å². The van der Waals surface area contributed by atoms with Crippen LogP contribution in [-0.4, -0.2) is 15.8 Å². The molecule has 0 aromatic heterocycles. The zero-order valence-electron chi connectivity index (χ0n) is 8.75. The first-order valence-electron chi connectivity index (χ1n) is 4.68. The number of rotatable bonds is 4. The van der Waals surface area contributed by atoms with Gasteiger partial charge in [0.2, 0.25) is 0 Å². The van der Waals surface area contributed by atoms with Crippen LogP contribution in [0, 0.1) is 6.92 Å². The van der Waals surface area contributed by atoms with Gasteiger partial charge >= 0.3 is 0 Å². The van der Waals surface area contributed by atoms with Gasteiger partial charge in [0, 0.05) is 22.0 Å². The third-order valence-electron chi connectivity index (χ3n) is 2.09. The molecule has 0 amide bonds. The molecule has 0 fully saturated rings. The zero-order chi connectivity index (χ0) is 10.6. The number of aryl methyl sites for hydroxylation is 1. The van der Waals surface area contributed by atoms with Gasteiger partial charge in [-0.25, -0.2) is 4.72 Å². The maximum atomic E-state index is 11.6. The molecule has 1 aromatic rings. The molecule has 1 unspecified atom stereocenters. The van der Waals surface area contributed by atoms with Gasteiger partial charge in [0.25, 0.3) is 0 Å². The molecule has 0 spiro atoms. The highest BCUT2D eigenvalue weighted by atomic mass is 32.2. The zero-order valence-corrected chi connectivity index (χ0v) is 9.56. The van der Waals surface area contributed by atoms with Crippen LogP contribution in [0.25, 0.3) is 0 Å². The molecule has 0 saturated carbocycles. The van der Waals surface area contributed by atoms with E-state index in [0.29, 0.717) is 12.3 Å². The van der Waals surface area contributed by atoms with Gasteiger partial charge in [0.1, 0.15) is 0 Å². The summed E-state index contributed by atoms with van der Waals surface area (Å²) in [4.78, 5) is 0. The van der Waals surface area contributed by atoms with Crippen molar-refractivity contribution in [3.05, 3.63) is 35.4 Å². The van der Waals surface area contributed by atoms with Crippen LogP contribution in [-0.2, 0) is 16.3 Å². The Morgan fingerprint density at radius 3 is 2.79 bits per heavy atom. The van der Waals surface area contributed by atoms with Gasteiger partial charge in [-0.3, -0.25) is 4.21 Å². The minimum Gasteiger partial charge on any atom is -0.253 e. The summed E-state index contributed by atoms with van der Waals surface area (Å²) in [6, 6.07) is 8.15. The van der Waals surface area contributed by atoms with E-state index in [2.05, 4.69) is 16.7 Å². The molecule has 0 heterocycles. The van der Waals surface area contributed by atoms with Crippen molar-refractivity contribution in [2.75, 3.05) is 5.75 Å². The van der Waals surface area contributed by atoms with Gasteiger partial charge in [0.05, 0.1) is 0 Å². The predicted molar refractivity (Wildman–Crippen MR) is 63.8 cm³/mol. The second-order valence-electron chi connectivity index (χ2n) is 3.41. The van der Waals surface area contributed by atoms with Crippen molar-refractivity contribution < 1.29 is 4.21 Å². The average molecular weight is 211 g/mol. The molecule has 0 saturated heterocycles. The molecule has 78 valence electrons. The highest BCUT2D eigenvalue weighted by molar-refractivity contribution is 7.98. The summed E-state index contributed by atoms with van der Waals surface area (Å²) in [6.45, 7) is 4.54. The van der Waals surface area contributed by atoms with Crippen molar-refractivity contribution in [3.8, 4) is 0 Å². The van der Waals surface area contributed by atoms with Gasteiger partial charge < -0.3 is 0 Å². The van der Waals surface area contributed by atoms with E-state index in [4.69, 9.17) is 0 Å². The minimum absolute atomic E-state index is 0.568. The van der Waals surface area contributed by atoms with Crippen molar-refractivity contribution in [1.29, 1.82) is 0 Å². The fourth-order valence-electron chi connectivity index (χ4n) is 1.14. The first kappa shape index (κ1) is 11.3. The largest absolute Gasteiger partial charge is 0.253 e. The number of hydrogen-bond acceptors (Lipinski definition) is 1. The topological polar surface area (TPSA) is 29.1 Å². The summed E-state index contributed by atoms with van der Waals surface area (Å²) in [7, 11) is -2.08. The lowest BCUT2D eigenvalue weighted by Gasteiger charge is -2.08. The molecule has 1 aromatic carbocycles. The lowest BCUT2D eigenvalue weighted by atomic mass is 10.1. The Hall–Kier alpha value is -0.800. The molecule has 1 atom stereocenters. The molecular formula is C11H17NOS. The average Bonchev–Trinajstić information content (AvgIpc) is 2.15. The molecule has 0 bridgehead atoms. The van der Waals surface area contributed by atoms with Crippen LogP contribution in [0.5, 0.6) is 0 Å². The van der Waals surface area contributed by atoms with E-state index in [0.717, 1.165) is 5.56 Å². The van der Waals surface area contributed by atoms with E-state index in [9.17, 15) is 4.21 Å². The van der Waals surface area contributed by atoms with Crippen LogP contribution in [0.2, 0.25) is 0 Å². The van der Waals surface area contributed by atoms with Crippen LogP contribution >= 0.6 is 0 Å². The molecule has 0 aliphatic rings. The summed E-state index contributed by atoms with van der Waals surface area (Å²) in [5.74, 6) is 4.21. The quantitative estimate of drug-likeness (QED) is 0.755. The van der Waals surface area contributed by atoms with Crippen LogP contribution in [0.15, 0.2) is 24.3 Å². The van der Waals surface area contributed by atoms with Crippen LogP contribution < -0.4 is 4.72 Å². The highest BCUT2D eigenvalue weighted by Gasteiger charge is 1.99. The maximum absolute atomic E-state index is 11.6. The van der Waals surface area contributed by atoms with Gasteiger partial charge in [-0.05, 0) is 18.4 Å². The van der Waals surface area contributed by atoms with Crippen molar-refractivity contribution in [2.24, 2.45) is 0 Å². The van der Waals surface area contributed by atoms with Crippen molar-refractivity contribution in [1.82, 2.24) is 4.72 Å². The Bertz CT molecular complexity index is 396. The molecule has 1 N–H and O–H groups in total. The first-order chi connectivity index (χ1) is 6.53. The molecule has 0 aliphatic carbocycles. The van der Waals surface area contributed by atoms with Crippen LogP contribution in [0.1, 0.15) is 18.1 Å². The van der Waals surface area contributed by atoms with Gasteiger partial charge in [-0.1, -0.05) is 36.8 Å².